The molecular weight excluding hydrogens is 238 g/mol. The molecule has 0 spiro atoms. The van der Waals surface area contributed by atoms with Crippen LogP contribution in [0.2, 0.25) is 0 Å². The van der Waals surface area contributed by atoms with E-state index >= 15 is 0 Å². The lowest BCUT2D eigenvalue weighted by Crippen LogP contribution is -2.40. The van der Waals surface area contributed by atoms with Gasteiger partial charge in [0, 0.05) is 29.9 Å². The molecule has 1 aromatic carbocycles. The van der Waals surface area contributed by atoms with Gasteiger partial charge in [-0.25, -0.2) is 0 Å². The lowest BCUT2D eigenvalue weighted by atomic mass is 10.1. The van der Waals surface area contributed by atoms with Crippen molar-refractivity contribution < 1.29 is 4.79 Å². The SMILES string of the molecule is O=C(NC1CCCCNC1)c1ccc2cc[nH]c2c1. The molecule has 1 fully saturated rings. The number of fused-ring (bicyclic) bond motifs is 1. The van der Waals surface area contributed by atoms with Crippen molar-refractivity contribution in [3.8, 4) is 0 Å². The molecule has 1 amide bonds. The normalized spacial score (nSPS) is 20.1. The van der Waals surface area contributed by atoms with Crippen LogP contribution in [-0.4, -0.2) is 30.0 Å². The Morgan fingerprint density at radius 3 is 3.16 bits per heavy atom. The molecule has 0 radical (unpaired) electrons. The number of carbonyl (C=O) groups is 1. The Morgan fingerprint density at radius 2 is 2.21 bits per heavy atom. The van der Waals surface area contributed by atoms with Gasteiger partial charge in [0.25, 0.3) is 5.91 Å². The monoisotopic (exact) mass is 257 g/mol. The zero-order valence-electron chi connectivity index (χ0n) is 10.9. The van der Waals surface area contributed by atoms with Crippen LogP contribution in [0.4, 0.5) is 0 Å². The fraction of sp³-hybridized carbons (Fsp3) is 0.400. The Labute approximate surface area is 112 Å². The molecule has 1 saturated heterocycles. The number of nitrogens with one attached hydrogen (secondary N) is 3. The largest absolute Gasteiger partial charge is 0.361 e. The van der Waals surface area contributed by atoms with Gasteiger partial charge in [-0.3, -0.25) is 4.79 Å². The average Bonchev–Trinajstić information content (AvgIpc) is 2.75. The lowest BCUT2D eigenvalue weighted by Gasteiger charge is -2.16. The molecule has 1 aliphatic heterocycles. The summed E-state index contributed by atoms with van der Waals surface area (Å²) in [5, 5.41) is 7.61. The van der Waals surface area contributed by atoms with E-state index in [1.165, 1.54) is 12.8 Å². The van der Waals surface area contributed by atoms with Gasteiger partial charge < -0.3 is 15.6 Å². The Morgan fingerprint density at radius 1 is 1.26 bits per heavy atom. The standard InChI is InChI=1S/C15H19N3O/c19-15(18-13-3-1-2-7-16-10-13)12-5-4-11-6-8-17-14(11)9-12/h4-6,8-9,13,16-17H,1-3,7,10H2,(H,18,19). The molecule has 1 aliphatic rings. The van der Waals surface area contributed by atoms with Crippen LogP contribution in [0.5, 0.6) is 0 Å². The predicted octanol–water partition coefficient (Wildman–Crippen LogP) is 2.04. The van der Waals surface area contributed by atoms with Crippen LogP contribution in [0.1, 0.15) is 29.6 Å². The molecule has 3 N–H and O–H groups in total. The molecule has 19 heavy (non-hydrogen) atoms. The van der Waals surface area contributed by atoms with Crippen LogP contribution in [0.15, 0.2) is 30.5 Å². The summed E-state index contributed by atoms with van der Waals surface area (Å²) in [6.45, 7) is 1.93. The Balaban J connectivity index is 1.71. The summed E-state index contributed by atoms with van der Waals surface area (Å²) < 4.78 is 0. The Bertz CT molecular complexity index is 568. The highest BCUT2D eigenvalue weighted by molar-refractivity contribution is 5.98. The first kappa shape index (κ1) is 12.2. The highest BCUT2D eigenvalue weighted by Gasteiger charge is 2.15. The maximum atomic E-state index is 12.2. The number of hydrogen-bond acceptors (Lipinski definition) is 2. The summed E-state index contributed by atoms with van der Waals surface area (Å²) in [7, 11) is 0. The summed E-state index contributed by atoms with van der Waals surface area (Å²) in [6.07, 6.45) is 5.32. The van der Waals surface area contributed by atoms with E-state index in [0.29, 0.717) is 0 Å². The fourth-order valence-corrected chi connectivity index (χ4v) is 2.60. The maximum absolute atomic E-state index is 12.2. The van der Waals surface area contributed by atoms with Gasteiger partial charge in [-0.05, 0) is 43.0 Å². The van der Waals surface area contributed by atoms with E-state index in [9.17, 15) is 4.79 Å². The van der Waals surface area contributed by atoms with Gasteiger partial charge in [-0.1, -0.05) is 12.5 Å². The van der Waals surface area contributed by atoms with Crippen LogP contribution in [0.25, 0.3) is 10.9 Å². The number of hydrogen-bond donors (Lipinski definition) is 3. The second-order valence-corrected chi connectivity index (χ2v) is 5.15. The van der Waals surface area contributed by atoms with E-state index in [4.69, 9.17) is 0 Å². The van der Waals surface area contributed by atoms with E-state index in [2.05, 4.69) is 15.6 Å². The van der Waals surface area contributed by atoms with Gasteiger partial charge in [-0.2, -0.15) is 0 Å². The zero-order chi connectivity index (χ0) is 13.1. The first-order valence-electron chi connectivity index (χ1n) is 6.92. The summed E-state index contributed by atoms with van der Waals surface area (Å²) in [5.41, 5.74) is 1.73. The van der Waals surface area contributed by atoms with Crippen molar-refractivity contribution in [2.75, 3.05) is 13.1 Å². The van der Waals surface area contributed by atoms with Crippen LogP contribution < -0.4 is 10.6 Å². The number of aromatic amines is 1. The topological polar surface area (TPSA) is 56.9 Å². The van der Waals surface area contributed by atoms with Gasteiger partial charge in [0.2, 0.25) is 0 Å². The van der Waals surface area contributed by atoms with Crippen molar-refractivity contribution in [1.82, 2.24) is 15.6 Å². The van der Waals surface area contributed by atoms with Gasteiger partial charge >= 0.3 is 0 Å². The van der Waals surface area contributed by atoms with Gasteiger partial charge in [0.15, 0.2) is 0 Å². The van der Waals surface area contributed by atoms with E-state index in [-0.39, 0.29) is 11.9 Å². The highest BCUT2D eigenvalue weighted by atomic mass is 16.1. The van der Waals surface area contributed by atoms with Crippen molar-refractivity contribution >= 4 is 16.8 Å². The number of H-pyrrole nitrogens is 1. The molecule has 0 bridgehead atoms. The van der Waals surface area contributed by atoms with Crippen molar-refractivity contribution in [3.05, 3.63) is 36.0 Å². The van der Waals surface area contributed by atoms with E-state index in [0.717, 1.165) is 36.0 Å². The molecule has 1 aromatic heterocycles. The maximum Gasteiger partial charge on any atom is 0.251 e. The fourth-order valence-electron chi connectivity index (χ4n) is 2.60. The quantitative estimate of drug-likeness (QED) is 0.771. The minimum Gasteiger partial charge on any atom is -0.361 e. The lowest BCUT2D eigenvalue weighted by molar-refractivity contribution is 0.0935. The van der Waals surface area contributed by atoms with E-state index in [1.807, 2.05) is 30.5 Å². The first-order chi connectivity index (χ1) is 9.33. The molecule has 4 heteroatoms. The number of amides is 1. The zero-order valence-corrected chi connectivity index (χ0v) is 10.9. The molecule has 4 nitrogen and oxygen atoms in total. The third-order valence-electron chi connectivity index (χ3n) is 3.70. The molecule has 1 atom stereocenters. The van der Waals surface area contributed by atoms with E-state index in [1.54, 1.807) is 0 Å². The second kappa shape index (κ2) is 5.45. The van der Waals surface area contributed by atoms with Crippen molar-refractivity contribution in [3.63, 3.8) is 0 Å². The first-order valence-corrected chi connectivity index (χ1v) is 6.92. The van der Waals surface area contributed by atoms with Gasteiger partial charge in [0.05, 0.1) is 0 Å². The third kappa shape index (κ3) is 2.79. The summed E-state index contributed by atoms with van der Waals surface area (Å²) in [4.78, 5) is 15.4. The number of carbonyl (C=O) groups excluding carboxylic acids is 1. The highest BCUT2D eigenvalue weighted by Crippen LogP contribution is 2.14. The van der Waals surface area contributed by atoms with Crippen LogP contribution in [0.3, 0.4) is 0 Å². The Kier molecular flexibility index (Phi) is 3.51. The molecule has 100 valence electrons. The Hall–Kier alpha value is -1.81. The van der Waals surface area contributed by atoms with Crippen molar-refractivity contribution in [2.45, 2.75) is 25.3 Å². The third-order valence-corrected chi connectivity index (χ3v) is 3.70. The molecule has 2 aromatic rings. The molecule has 2 heterocycles. The summed E-state index contributed by atoms with van der Waals surface area (Å²) in [5.74, 6) is 0.0187. The van der Waals surface area contributed by atoms with Crippen LogP contribution >= 0.6 is 0 Å². The molecule has 0 aliphatic carbocycles. The minimum atomic E-state index is 0.0187. The average molecular weight is 257 g/mol. The molecule has 0 saturated carbocycles. The smallest absolute Gasteiger partial charge is 0.251 e. The van der Waals surface area contributed by atoms with Crippen molar-refractivity contribution in [1.29, 1.82) is 0 Å². The second-order valence-electron chi connectivity index (χ2n) is 5.15. The van der Waals surface area contributed by atoms with Gasteiger partial charge in [0.1, 0.15) is 0 Å². The molecule has 1 unspecified atom stereocenters. The predicted molar refractivity (Wildman–Crippen MR) is 76.3 cm³/mol. The number of rotatable bonds is 2. The molecule has 3 rings (SSSR count). The van der Waals surface area contributed by atoms with Crippen molar-refractivity contribution in [2.24, 2.45) is 0 Å². The summed E-state index contributed by atoms with van der Waals surface area (Å²) in [6, 6.07) is 8.03. The number of benzene rings is 1. The van der Waals surface area contributed by atoms with Crippen LogP contribution in [0, 0.1) is 0 Å². The minimum absolute atomic E-state index is 0.0187. The molecular formula is C15H19N3O. The number of aromatic nitrogens is 1. The van der Waals surface area contributed by atoms with Crippen LogP contribution in [-0.2, 0) is 0 Å². The summed E-state index contributed by atoms with van der Waals surface area (Å²) >= 11 is 0. The van der Waals surface area contributed by atoms with E-state index < -0.39 is 0 Å². The van der Waals surface area contributed by atoms with Gasteiger partial charge in [-0.15, -0.1) is 0 Å².